The van der Waals surface area contributed by atoms with Gasteiger partial charge in [-0.1, -0.05) is 12.1 Å². The van der Waals surface area contributed by atoms with Crippen molar-refractivity contribution in [3.05, 3.63) is 41.0 Å². The third-order valence-corrected chi connectivity index (χ3v) is 6.64. The van der Waals surface area contributed by atoms with Gasteiger partial charge in [0, 0.05) is 19.6 Å². The van der Waals surface area contributed by atoms with Gasteiger partial charge in [-0.25, -0.2) is 5.48 Å². The lowest BCUT2D eigenvalue weighted by Gasteiger charge is -2.38. The number of nitrogens with one attached hydrogen (secondary N) is 2. The van der Waals surface area contributed by atoms with Crippen LogP contribution in [-0.4, -0.2) is 47.6 Å². The summed E-state index contributed by atoms with van der Waals surface area (Å²) in [7, 11) is 0. The molecular weight excluding hydrogens is 368 g/mol. The molecule has 2 heterocycles. The van der Waals surface area contributed by atoms with Crippen LogP contribution in [0, 0.1) is 29.6 Å². The lowest BCUT2D eigenvalue weighted by Crippen LogP contribution is -2.59. The van der Waals surface area contributed by atoms with Gasteiger partial charge in [-0.2, -0.15) is 5.26 Å². The van der Waals surface area contributed by atoms with E-state index in [2.05, 4.69) is 17.5 Å². The Hall–Kier alpha value is -2.69. The van der Waals surface area contributed by atoms with Gasteiger partial charge in [0.2, 0.25) is 11.8 Å². The van der Waals surface area contributed by atoms with E-state index in [9.17, 15) is 9.59 Å². The molecule has 1 saturated heterocycles. The van der Waals surface area contributed by atoms with Crippen LogP contribution in [0.3, 0.4) is 0 Å². The zero-order valence-electron chi connectivity index (χ0n) is 16.6. The molecule has 1 aromatic carbocycles. The van der Waals surface area contributed by atoms with Crippen LogP contribution in [0.25, 0.3) is 5.57 Å². The molecule has 7 heteroatoms. The van der Waals surface area contributed by atoms with Crippen LogP contribution in [0.5, 0.6) is 0 Å². The minimum absolute atomic E-state index is 0.0825. The van der Waals surface area contributed by atoms with Gasteiger partial charge in [0.25, 0.3) is 0 Å². The minimum Gasteiger partial charge on any atom is -0.337 e. The van der Waals surface area contributed by atoms with Gasteiger partial charge in [0.05, 0.1) is 23.6 Å². The topological polar surface area (TPSA) is 105 Å². The van der Waals surface area contributed by atoms with Crippen molar-refractivity contribution in [2.75, 3.05) is 19.6 Å². The molecule has 3 N–H and O–H groups in total. The van der Waals surface area contributed by atoms with Gasteiger partial charge in [0.15, 0.2) is 0 Å². The third kappa shape index (κ3) is 3.78. The maximum atomic E-state index is 13.1. The van der Waals surface area contributed by atoms with E-state index in [0.29, 0.717) is 25.1 Å². The van der Waals surface area contributed by atoms with E-state index in [1.165, 1.54) is 5.57 Å². The zero-order chi connectivity index (χ0) is 20.6. The first-order chi connectivity index (χ1) is 14.0. The van der Waals surface area contributed by atoms with Gasteiger partial charge in [-0.15, -0.1) is 0 Å². The Bertz CT molecular complexity index is 913. The van der Waals surface area contributed by atoms with Crippen molar-refractivity contribution >= 4 is 17.4 Å². The Morgan fingerprint density at radius 2 is 2.17 bits per heavy atom. The fraction of sp³-hybridized carbons (Fsp3) is 0.500. The summed E-state index contributed by atoms with van der Waals surface area (Å²) in [6.45, 7) is 3.82. The van der Waals surface area contributed by atoms with Crippen LogP contribution >= 0.6 is 0 Å². The van der Waals surface area contributed by atoms with Crippen molar-refractivity contribution in [3.63, 3.8) is 0 Å². The lowest BCUT2D eigenvalue weighted by atomic mass is 9.81. The molecule has 0 aromatic heterocycles. The van der Waals surface area contributed by atoms with Gasteiger partial charge >= 0.3 is 0 Å². The van der Waals surface area contributed by atoms with Gasteiger partial charge in [-0.3, -0.25) is 14.8 Å². The largest absolute Gasteiger partial charge is 0.337 e. The summed E-state index contributed by atoms with van der Waals surface area (Å²) < 4.78 is 0. The normalized spacial score (nSPS) is 25.1. The van der Waals surface area contributed by atoms with Crippen LogP contribution in [0.2, 0.25) is 0 Å². The number of benzene rings is 1. The van der Waals surface area contributed by atoms with Gasteiger partial charge in [0.1, 0.15) is 0 Å². The van der Waals surface area contributed by atoms with Crippen molar-refractivity contribution in [2.45, 2.75) is 38.6 Å². The Labute approximate surface area is 170 Å². The highest BCUT2D eigenvalue weighted by Crippen LogP contribution is 2.52. The van der Waals surface area contributed by atoms with Crippen molar-refractivity contribution in [2.24, 2.45) is 11.3 Å². The number of carbonyl (C=O) groups excluding carboxylic acids is 2. The van der Waals surface area contributed by atoms with E-state index in [0.717, 1.165) is 36.9 Å². The Morgan fingerprint density at radius 1 is 1.38 bits per heavy atom. The predicted octanol–water partition coefficient (Wildman–Crippen LogP) is 1.75. The first-order valence-corrected chi connectivity index (χ1v) is 10.1. The Kier molecular flexibility index (Phi) is 5.15. The molecule has 0 unspecified atom stereocenters. The van der Waals surface area contributed by atoms with Gasteiger partial charge < -0.3 is 10.2 Å². The smallest absolute Gasteiger partial charge is 0.248 e. The maximum Gasteiger partial charge on any atom is 0.248 e. The second kappa shape index (κ2) is 7.62. The summed E-state index contributed by atoms with van der Waals surface area (Å²) in [4.78, 5) is 27.1. The summed E-state index contributed by atoms with van der Waals surface area (Å²) in [5.41, 5.74) is 5.85. The van der Waals surface area contributed by atoms with Gasteiger partial charge in [-0.05, 0) is 66.9 Å². The van der Waals surface area contributed by atoms with Crippen molar-refractivity contribution < 1.29 is 14.8 Å². The molecule has 3 aliphatic rings. The average molecular weight is 394 g/mol. The molecule has 29 heavy (non-hydrogen) atoms. The molecule has 0 bridgehead atoms. The minimum atomic E-state index is -0.597. The molecule has 152 valence electrons. The first kappa shape index (κ1) is 19.6. The highest BCUT2D eigenvalue weighted by atomic mass is 16.5. The fourth-order valence-electron chi connectivity index (χ4n) is 4.67. The van der Waals surface area contributed by atoms with Crippen LogP contribution in [0.4, 0.5) is 0 Å². The number of nitriles is 1. The van der Waals surface area contributed by atoms with E-state index in [1.54, 1.807) is 10.4 Å². The molecule has 4 rings (SSSR count). The molecular formula is C22H26N4O3. The number of hydroxylamine groups is 1. The fourth-order valence-corrected chi connectivity index (χ4v) is 4.67. The molecule has 1 spiro atoms. The molecule has 7 nitrogen and oxygen atoms in total. The lowest BCUT2D eigenvalue weighted by molar-refractivity contribution is -0.144. The molecule has 2 amide bonds. The number of hydrogen-bond donors (Lipinski definition) is 3. The molecule has 2 fully saturated rings. The van der Waals surface area contributed by atoms with Crippen LogP contribution in [0.1, 0.15) is 42.4 Å². The van der Waals surface area contributed by atoms with Crippen LogP contribution in [-0.2, 0) is 9.59 Å². The summed E-state index contributed by atoms with van der Waals surface area (Å²) in [5, 5.41) is 21.5. The number of carbonyl (C=O) groups is 2. The monoisotopic (exact) mass is 394 g/mol. The third-order valence-electron chi connectivity index (χ3n) is 6.64. The van der Waals surface area contributed by atoms with Crippen molar-refractivity contribution in [1.82, 2.24) is 15.7 Å². The van der Waals surface area contributed by atoms with E-state index >= 15 is 0 Å². The van der Waals surface area contributed by atoms with E-state index in [-0.39, 0.29) is 11.3 Å². The summed E-state index contributed by atoms with van der Waals surface area (Å²) >= 11 is 0. The number of hydrogen-bond acceptors (Lipinski definition) is 5. The second-order valence-corrected chi connectivity index (χ2v) is 8.55. The molecule has 1 saturated carbocycles. The quantitative estimate of drug-likeness (QED) is 0.535. The number of piperidine rings is 1. The van der Waals surface area contributed by atoms with E-state index < -0.39 is 17.9 Å². The summed E-state index contributed by atoms with van der Waals surface area (Å²) in [5.74, 6) is -1.11. The van der Waals surface area contributed by atoms with Crippen LogP contribution < -0.4 is 10.8 Å². The highest BCUT2D eigenvalue weighted by Gasteiger charge is 2.52. The van der Waals surface area contributed by atoms with Crippen molar-refractivity contribution in [3.8, 4) is 6.07 Å². The SMILES string of the molecule is Cc1cc(C#N)ccc1C1=CCN(C(=O)[C@H]2NCC3(CC3)C[C@@H]2C(=O)NO)CC1. The average Bonchev–Trinajstić information content (AvgIpc) is 3.51. The molecule has 2 atom stereocenters. The number of amides is 2. The molecule has 2 aliphatic heterocycles. The molecule has 0 radical (unpaired) electrons. The standard InChI is InChI=1S/C22H26N4O3/c1-14-10-15(12-23)2-3-17(14)16-4-8-26(9-5-16)21(28)19-18(20(27)25-29)11-22(6-7-22)13-24-19/h2-4,10,18-19,24,29H,5-9,11,13H2,1H3,(H,25,27)/t18-,19-/m0/s1. The zero-order valence-corrected chi connectivity index (χ0v) is 16.6. The van der Waals surface area contributed by atoms with E-state index in [4.69, 9.17) is 10.5 Å². The maximum absolute atomic E-state index is 13.1. The predicted molar refractivity (Wildman–Crippen MR) is 107 cm³/mol. The number of aryl methyl sites for hydroxylation is 1. The van der Waals surface area contributed by atoms with Crippen LogP contribution in [0.15, 0.2) is 24.3 Å². The van der Waals surface area contributed by atoms with Crippen molar-refractivity contribution in [1.29, 1.82) is 5.26 Å². The van der Waals surface area contributed by atoms with E-state index in [1.807, 2.05) is 25.1 Å². The molecule has 1 aliphatic carbocycles. The Morgan fingerprint density at radius 3 is 2.76 bits per heavy atom. The molecule has 1 aromatic rings. The summed E-state index contributed by atoms with van der Waals surface area (Å²) in [6.07, 6.45) is 5.56. The highest BCUT2D eigenvalue weighted by molar-refractivity contribution is 5.90. The second-order valence-electron chi connectivity index (χ2n) is 8.55. The first-order valence-electron chi connectivity index (χ1n) is 10.1. The Balaban J connectivity index is 1.46. The number of rotatable bonds is 3. The summed E-state index contributed by atoms with van der Waals surface area (Å²) in [6, 6.07) is 7.22. The number of nitrogens with zero attached hydrogens (tertiary/aromatic N) is 2.